The number of carbonyl (C=O) groups excluding carboxylic acids is 3. The van der Waals surface area contributed by atoms with E-state index in [2.05, 4.69) is 10.6 Å². The summed E-state index contributed by atoms with van der Waals surface area (Å²) in [6.07, 6.45) is 5.17. The Balaban J connectivity index is 1.75. The second-order valence-corrected chi connectivity index (χ2v) is 7.40. The van der Waals surface area contributed by atoms with Crippen molar-refractivity contribution in [1.82, 2.24) is 5.32 Å². The Kier molecular flexibility index (Phi) is 5.95. The molecule has 2 heterocycles. The van der Waals surface area contributed by atoms with Gasteiger partial charge in [0.25, 0.3) is 5.91 Å². The number of esters is 1. The first-order valence-corrected chi connectivity index (χ1v) is 9.79. The molecule has 2 N–H and O–H groups in total. The number of thiophene rings is 1. The van der Waals surface area contributed by atoms with Gasteiger partial charge >= 0.3 is 5.97 Å². The number of carbonyl (C=O) groups is 3. The van der Waals surface area contributed by atoms with Gasteiger partial charge in [0, 0.05) is 4.88 Å². The maximum absolute atomic E-state index is 12.6. The van der Waals surface area contributed by atoms with E-state index in [0.29, 0.717) is 10.6 Å². The zero-order valence-corrected chi connectivity index (χ0v) is 16.1. The van der Waals surface area contributed by atoms with Crippen molar-refractivity contribution in [1.29, 1.82) is 0 Å². The van der Waals surface area contributed by atoms with Crippen LogP contribution in [0.15, 0.2) is 22.8 Å². The van der Waals surface area contributed by atoms with Gasteiger partial charge < -0.3 is 19.8 Å². The van der Waals surface area contributed by atoms with Gasteiger partial charge in [0.2, 0.25) is 5.91 Å². The molecule has 144 valence electrons. The number of fused-ring (bicyclic) bond motifs is 1. The second kappa shape index (κ2) is 8.39. The van der Waals surface area contributed by atoms with Crippen LogP contribution in [0.2, 0.25) is 0 Å². The number of furan rings is 1. The molecule has 1 atom stereocenters. The molecule has 1 aliphatic rings. The number of ether oxygens (including phenoxy) is 1. The van der Waals surface area contributed by atoms with Gasteiger partial charge in [0.15, 0.2) is 5.76 Å². The first-order chi connectivity index (χ1) is 13.0. The smallest absolute Gasteiger partial charge is 0.341 e. The summed E-state index contributed by atoms with van der Waals surface area (Å²) in [5, 5.41) is 5.86. The minimum absolute atomic E-state index is 0.133. The number of aryl methyl sites for hydroxylation is 1. The molecule has 0 spiro atoms. The van der Waals surface area contributed by atoms with E-state index < -0.39 is 23.8 Å². The summed E-state index contributed by atoms with van der Waals surface area (Å²) in [6, 6.07) is 2.32. The molecule has 1 aliphatic carbocycles. The van der Waals surface area contributed by atoms with Crippen LogP contribution in [0.4, 0.5) is 5.00 Å². The van der Waals surface area contributed by atoms with E-state index in [1.165, 1.54) is 23.7 Å². The lowest BCUT2D eigenvalue weighted by molar-refractivity contribution is -0.117. The van der Waals surface area contributed by atoms with E-state index in [-0.39, 0.29) is 12.4 Å². The Bertz CT molecular complexity index is 841. The van der Waals surface area contributed by atoms with Crippen LogP contribution in [0.25, 0.3) is 0 Å². The number of anilines is 1. The van der Waals surface area contributed by atoms with Gasteiger partial charge in [-0.15, -0.1) is 11.3 Å². The Morgan fingerprint density at radius 2 is 2.07 bits per heavy atom. The summed E-state index contributed by atoms with van der Waals surface area (Å²) >= 11 is 1.41. The lowest BCUT2D eigenvalue weighted by Gasteiger charge is -2.14. The molecule has 2 aromatic rings. The SMILES string of the molecule is CCOC(=O)c1c(NC(=O)C(C)NC(=O)c2ccco2)sc2c1CCCC2. The van der Waals surface area contributed by atoms with E-state index in [4.69, 9.17) is 9.15 Å². The summed E-state index contributed by atoms with van der Waals surface area (Å²) in [5.74, 6) is -1.16. The highest BCUT2D eigenvalue weighted by atomic mass is 32.1. The molecular weight excluding hydrogens is 368 g/mol. The Morgan fingerprint density at radius 3 is 2.78 bits per heavy atom. The van der Waals surface area contributed by atoms with Gasteiger partial charge in [0.05, 0.1) is 18.4 Å². The number of hydrogen-bond acceptors (Lipinski definition) is 6. The quantitative estimate of drug-likeness (QED) is 0.739. The molecule has 7 nitrogen and oxygen atoms in total. The van der Waals surface area contributed by atoms with Crippen molar-refractivity contribution in [2.24, 2.45) is 0 Å². The van der Waals surface area contributed by atoms with Crippen molar-refractivity contribution in [3.63, 3.8) is 0 Å². The number of nitrogens with one attached hydrogen (secondary N) is 2. The minimum Gasteiger partial charge on any atom is -0.462 e. The monoisotopic (exact) mass is 390 g/mol. The standard InChI is InChI=1S/C19H22N2O5S/c1-3-25-19(24)15-12-7-4-5-9-14(12)27-18(15)21-16(22)11(2)20-17(23)13-8-6-10-26-13/h6,8,10-11H,3-5,7,9H2,1-2H3,(H,20,23)(H,21,22). The number of amides is 2. The molecule has 0 aromatic carbocycles. The summed E-state index contributed by atoms with van der Waals surface area (Å²) < 4.78 is 10.2. The molecule has 0 fully saturated rings. The average Bonchev–Trinajstić information content (AvgIpc) is 3.29. The third kappa shape index (κ3) is 4.21. The molecule has 0 aliphatic heterocycles. The van der Waals surface area contributed by atoms with Gasteiger partial charge in [-0.25, -0.2) is 4.79 Å². The first kappa shape index (κ1) is 19.2. The molecule has 3 rings (SSSR count). The van der Waals surface area contributed by atoms with Gasteiger partial charge in [-0.2, -0.15) is 0 Å². The zero-order chi connectivity index (χ0) is 19.4. The van der Waals surface area contributed by atoms with Crippen LogP contribution < -0.4 is 10.6 Å². The molecule has 27 heavy (non-hydrogen) atoms. The van der Waals surface area contributed by atoms with Gasteiger partial charge in [-0.05, 0) is 57.2 Å². The van der Waals surface area contributed by atoms with Gasteiger partial charge in [-0.3, -0.25) is 9.59 Å². The third-order valence-corrected chi connectivity index (χ3v) is 5.58. The fourth-order valence-electron chi connectivity index (χ4n) is 3.03. The van der Waals surface area contributed by atoms with Crippen molar-refractivity contribution in [2.45, 2.75) is 45.6 Å². The summed E-state index contributed by atoms with van der Waals surface area (Å²) in [5.41, 5.74) is 1.43. The fraction of sp³-hybridized carbons (Fsp3) is 0.421. The maximum atomic E-state index is 12.6. The van der Waals surface area contributed by atoms with Crippen LogP contribution in [0.3, 0.4) is 0 Å². The van der Waals surface area contributed by atoms with Crippen LogP contribution in [-0.4, -0.2) is 30.4 Å². The summed E-state index contributed by atoms with van der Waals surface area (Å²) in [7, 11) is 0. The van der Waals surface area contributed by atoms with Crippen molar-refractivity contribution in [3.05, 3.63) is 40.2 Å². The molecule has 0 saturated carbocycles. The van der Waals surface area contributed by atoms with E-state index in [1.807, 2.05) is 0 Å². The van der Waals surface area contributed by atoms with Crippen LogP contribution in [0.1, 0.15) is 58.0 Å². The highest BCUT2D eigenvalue weighted by Gasteiger charge is 2.28. The van der Waals surface area contributed by atoms with E-state index in [1.54, 1.807) is 19.9 Å². The van der Waals surface area contributed by atoms with Crippen molar-refractivity contribution < 1.29 is 23.5 Å². The molecule has 1 unspecified atom stereocenters. The first-order valence-electron chi connectivity index (χ1n) is 8.98. The molecule has 2 aromatic heterocycles. The minimum atomic E-state index is -0.795. The van der Waals surface area contributed by atoms with Crippen LogP contribution in [0, 0.1) is 0 Å². The molecule has 0 bridgehead atoms. The summed E-state index contributed by atoms with van der Waals surface area (Å²) in [4.78, 5) is 38.1. The van der Waals surface area contributed by atoms with Gasteiger partial charge in [0.1, 0.15) is 11.0 Å². The van der Waals surface area contributed by atoms with Crippen LogP contribution >= 0.6 is 11.3 Å². The number of hydrogen-bond donors (Lipinski definition) is 2. The van der Waals surface area contributed by atoms with E-state index in [0.717, 1.165) is 36.1 Å². The molecular formula is C19H22N2O5S. The average molecular weight is 390 g/mol. The molecule has 2 amide bonds. The van der Waals surface area contributed by atoms with Crippen LogP contribution in [-0.2, 0) is 22.4 Å². The topological polar surface area (TPSA) is 97.6 Å². The Morgan fingerprint density at radius 1 is 1.30 bits per heavy atom. The van der Waals surface area contributed by atoms with Crippen molar-refractivity contribution >= 4 is 34.1 Å². The van der Waals surface area contributed by atoms with E-state index >= 15 is 0 Å². The fourth-order valence-corrected chi connectivity index (χ4v) is 4.31. The third-order valence-electron chi connectivity index (χ3n) is 4.37. The second-order valence-electron chi connectivity index (χ2n) is 6.30. The highest BCUT2D eigenvalue weighted by Crippen LogP contribution is 2.38. The lowest BCUT2D eigenvalue weighted by Crippen LogP contribution is -2.41. The Hall–Kier alpha value is -2.61. The zero-order valence-electron chi connectivity index (χ0n) is 15.3. The highest BCUT2D eigenvalue weighted by molar-refractivity contribution is 7.17. The molecule has 8 heteroatoms. The molecule has 0 radical (unpaired) electrons. The van der Waals surface area contributed by atoms with Gasteiger partial charge in [-0.1, -0.05) is 0 Å². The molecule has 0 saturated heterocycles. The van der Waals surface area contributed by atoms with Crippen molar-refractivity contribution in [2.75, 3.05) is 11.9 Å². The largest absolute Gasteiger partial charge is 0.462 e. The van der Waals surface area contributed by atoms with Crippen molar-refractivity contribution in [3.8, 4) is 0 Å². The normalized spacial score (nSPS) is 14.1. The predicted molar refractivity (Wildman–Crippen MR) is 101 cm³/mol. The lowest BCUT2D eigenvalue weighted by atomic mass is 9.95. The van der Waals surface area contributed by atoms with Crippen LogP contribution in [0.5, 0.6) is 0 Å². The number of rotatable bonds is 6. The maximum Gasteiger partial charge on any atom is 0.341 e. The summed E-state index contributed by atoms with van der Waals surface area (Å²) in [6.45, 7) is 3.60. The Labute approximate surface area is 161 Å². The van der Waals surface area contributed by atoms with E-state index in [9.17, 15) is 14.4 Å². The predicted octanol–water partition coefficient (Wildman–Crippen LogP) is 3.15.